The third-order valence-corrected chi connectivity index (χ3v) is 1.36. The zero-order chi connectivity index (χ0) is 9.68. The Bertz CT molecular complexity index is 333. The molecule has 0 unspecified atom stereocenters. The third kappa shape index (κ3) is 2.71. The van der Waals surface area contributed by atoms with E-state index in [9.17, 15) is 8.78 Å². The van der Waals surface area contributed by atoms with Crippen LogP contribution in [0.4, 0.5) is 8.78 Å². The maximum Gasteiger partial charge on any atom is 0.165 e. The summed E-state index contributed by atoms with van der Waals surface area (Å²) in [6, 6.07) is 4.77. The summed E-state index contributed by atoms with van der Waals surface area (Å²) in [5, 5.41) is 8.17. The fraction of sp³-hybridized carbons (Fsp3) is 0.222. The van der Waals surface area contributed by atoms with E-state index in [2.05, 4.69) is 0 Å². The van der Waals surface area contributed by atoms with Crippen molar-refractivity contribution in [1.29, 1.82) is 5.26 Å². The Morgan fingerprint density at radius 1 is 1.38 bits per heavy atom. The van der Waals surface area contributed by atoms with Gasteiger partial charge in [0.25, 0.3) is 0 Å². The van der Waals surface area contributed by atoms with Crippen molar-refractivity contribution in [2.45, 2.75) is 6.42 Å². The molecule has 0 saturated heterocycles. The minimum absolute atomic E-state index is 0.0663. The summed E-state index contributed by atoms with van der Waals surface area (Å²) in [6.07, 6.45) is 0.149. The molecule has 0 radical (unpaired) electrons. The molecule has 0 bridgehead atoms. The lowest BCUT2D eigenvalue weighted by molar-refractivity contribution is 0.307. The van der Waals surface area contributed by atoms with Crippen LogP contribution in [0.15, 0.2) is 18.2 Å². The Morgan fingerprint density at radius 3 is 2.85 bits per heavy atom. The van der Waals surface area contributed by atoms with Gasteiger partial charge in [0, 0.05) is 6.07 Å². The van der Waals surface area contributed by atoms with Gasteiger partial charge < -0.3 is 4.74 Å². The maximum atomic E-state index is 12.8. The van der Waals surface area contributed by atoms with Gasteiger partial charge in [-0.05, 0) is 12.1 Å². The summed E-state index contributed by atoms with van der Waals surface area (Å²) in [5.41, 5.74) is 0. The first-order valence-electron chi connectivity index (χ1n) is 3.69. The second kappa shape index (κ2) is 4.41. The molecule has 0 saturated carbocycles. The summed E-state index contributed by atoms with van der Waals surface area (Å²) >= 11 is 0. The van der Waals surface area contributed by atoms with Gasteiger partial charge in [0.1, 0.15) is 12.4 Å². The van der Waals surface area contributed by atoms with E-state index in [4.69, 9.17) is 10.00 Å². The number of hydrogen-bond donors (Lipinski definition) is 0. The van der Waals surface area contributed by atoms with Crippen molar-refractivity contribution in [3.05, 3.63) is 29.8 Å². The van der Waals surface area contributed by atoms with Gasteiger partial charge in [-0.2, -0.15) is 5.26 Å². The topological polar surface area (TPSA) is 33.0 Å². The number of ether oxygens (including phenoxy) is 1. The Balaban J connectivity index is 2.65. The summed E-state index contributed by atoms with van der Waals surface area (Å²) < 4.78 is 30.2. The Kier molecular flexibility index (Phi) is 3.21. The highest BCUT2D eigenvalue weighted by Gasteiger charge is 2.03. The first kappa shape index (κ1) is 9.46. The molecule has 0 aromatic heterocycles. The van der Waals surface area contributed by atoms with E-state index in [0.717, 1.165) is 18.2 Å². The van der Waals surface area contributed by atoms with E-state index in [1.807, 2.05) is 6.07 Å². The fourth-order valence-electron chi connectivity index (χ4n) is 0.794. The molecule has 68 valence electrons. The largest absolute Gasteiger partial charge is 0.489 e. The van der Waals surface area contributed by atoms with Gasteiger partial charge in [-0.1, -0.05) is 0 Å². The normalized spacial score (nSPS) is 9.31. The third-order valence-electron chi connectivity index (χ3n) is 1.36. The Hall–Kier alpha value is -1.63. The van der Waals surface area contributed by atoms with Crippen LogP contribution < -0.4 is 4.74 Å². The molecule has 0 spiro atoms. The molecule has 0 aliphatic heterocycles. The first-order chi connectivity index (χ1) is 6.24. The zero-order valence-corrected chi connectivity index (χ0v) is 6.76. The average molecular weight is 183 g/mol. The predicted octanol–water partition coefficient (Wildman–Crippen LogP) is 2.26. The van der Waals surface area contributed by atoms with Crippen molar-refractivity contribution < 1.29 is 13.5 Å². The molecule has 0 fully saturated rings. The Morgan fingerprint density at radius 2 is 2.15 bits per heavy atom. The molecule has 1 rings (SSSR count). The van der Waals surface area contributed by atoms with Crippen molar-refractivity contribution in [2.75, 3.05) is 6.61 Å². The van der Waals surface area contributed by atoms with E-state index in [0.29, 0.717) is 0 Å². The quantitative estimate of drug-likeness (QED) is 0.673. The molecule has 1 aromatic rings. The molecule has 13 heavy (non-hydrogen) atoms. The number of rotatable bonds is 3. The average Bonchev–Trinajstić information content (AvgIpc) is 2.11. The van der Waals surface area contributed by atoms with Gasteiger partial charge in [-0.25, -0.2) is 8.78 Å². The van der Waals surface area contributed by atoms with Crippen LogP contribution in [-0.4, -0.2) is 6.61 Å². The van der Waals surface area contributed by atoms with Crippen molar-refractivity contribution in [3.63, 3.8) is 0 Å². The van der Waals surface area contributed by atoms with Crippen LogP contribution in [0, 0.1) is 23.0 Å². The van der Waals surface area contributed by atoms with Crippen molar-refractivity contribution in [3.8, 4) is 11.8 Å². The van der Waals surface area contributed by atoms with E-state index in [-0.39, 0.29) is 18.8 Å². The van der Waals surface area contributed by atoms with Crippen LogP contribution in [0.1, 0.15) is 6.42 Å². The standard InChI is InChI=1S/C9H7F2NO/c10-7-2-3-8(11)9(6-7)13-5-1-4-12/h2-3,6H,1,5H2. The molecule has 4 heteroatoms. The minimum atomic E-state index is -0.626. The van der Waals surface area contributed by atoms with E-state index in [1.54, 1.807) is 0 Å². The predicted molar refractivity (Wildman–Crippen MR) is 42.1 cm³/mol. The van der Waals surface area contributed by atoms with Gasteiger partial charge in [-0.3, -0.25) is 0 Å². The number of nitriles is 1. The van der Waals surface area contributed by atoms with Crippen molar-refractivity contribution >= 4 is 0 Å². The molecule has 0 atom stereocenters. The van der Waals surface area contributed by atoms with Crippen molar-refractivity contribution in [1.82, 2.24) is 0 Å². The summed E-state index contributed by atoms with van der Waals surface area (Å²) in [7, 11) is 0. The van der Waals surface area contributed by atoms with Crippen LogP contribution in [0.2, 0.25) is 0 Å². The zero-order valence-electron chi connectivity index (χ0n) is 6.76. The van der Waals surface area contributed by atoms with Crippen LogP contribution in [0.3, 0.4) is 0 Å². The number of hydrogen-bond acceptors (Lipinski definition) is 2. The minimum Gasteiger partial charge on any atom is -0.489 e. The van der Waals surface area contributed by atoms with Crippen LogP contribution >= 0.6 is 0 Å². The summed E-state index contributed by atoms with van der Waals surface area (Å²) in [6.45, 7) is 0.0663. The first-order valence-corrected chi connectivity index (χ1v) is 3.69. The molecule has 0 aliphatic rings. The molecule has 0 heterocycles. The van der Waals surface area contributed by atoms with Gasteiger partial charge >= 0.3 is 0 Å². The van der Waals surface area contributed by atoms with Crippen LogP contribution in [0.5, 0.6) is 5.75 Å². The SMILES string of the molecule is N#CCCOc1cc(F)ccc1F. The monoisotopic (exact) mass is 183 g/mol. The molecule has 0 N–H and O–H groups in total. The lowest BCUT2D eigenvalue weighted by Gasteiger charge is -2.04. The van der Waals surface area contributed by atoms with Crippen LogP contribution in [-0.2, 0) is 0 Å². The van der Waals surface area contributed by atoms with Crippen LogP contribution in [0.25, 0.3) is 0 Å². The number of benzene rings is 1. The second-order valence-electron chi connectivity index (χ2n) is 2.33. The molecule has 0 amide bonds. The highest BCUT2D eigenvalue weighted by molar-refractivity contribution is 5.24. The van der Waals surface area contributed by atoms with Gasteiger partial charge in [0.15, 0.2) is 11.6 Å². The molecule has 0 aliphatic carbocycles. The smallest absolute Gasteiger partial charge is 0.165 e. The lowest BCUT2D eigenvalue weighted by Crippen LogP contribution is -1.98. The van der Waals surface area contributed by atoms with Gasteiger partial charge in [0.05, 0.1) is 12.5 Å². The Labute approximate surface area is 74.4 Å². The van der Waals surface area contributed by atoms with Crippen molar-refractivity contribution in [2.24, 2.45) is 0 Å². The highest BCUT2D eigenvalue weighted by atomic mass is 19.1. The van der Waals surface area contributed by atoms with E-state index in [1.165, 1.54) is 0 Å². The number of nitrogens with zero attached hydrogens (tertiary/aromatic N) is 1. The van der Waals surface area contributed by atoms with Gasteiger partial charge in [-0.15, -0.1) is 0 Å². The summed E-state index contributed by atoms with van der Waals surface area (Å²) in [4.78, 5) is 0. The molecular weight excluding hydrogens is 176 g/mol. The maximum absolute atomic E-state index is 12.8. The lowest BCUT2D eigenvalue weighted by atomic mass is 10.3. The summed E-state index contributed by atoms with van der Waals surface area (Å²) in [5.74, 6) is -1.34. The molecule has 2 nitrogen and oxygen atoms in total. The highest BCUT2D eigenvalue weighted by Crippen LogP contribution is 2.17. The van der Waals surface area contributed by atoms with E-state index < -0.39 is 11.6 Å². The second-order valence-corrected chi connectivity index (χ2v) is 2.33. The molecule has 1 aromatic carbocycles. The van der Waals surface area contributed by atoms with Gasteiger partial charge in [0.2, 0.25) is 0 Å². The molecular formula is C9H7F2NO. The number of halogens is 2. The van der Waals surface area contributed by atoms with E-state index >= 15 is 0 Å². The fourth-order valence-corrected chi connectivity index (χ4v) is 0.794.